The van der Waals surface area contributed by atoms with Crippen LogP contribution in [0.2, 0.25) is 0 Å². The molecular weight excluding hydrogens is 244 g/mol. The van der Waals surface area contributed by atoms with Gasteiger partial charge in [-0.3, -0.25) is 4.79 Å². The maximum atomic E-state index is 11.7. The van der Waals surface area contributed by atoms with Gasteiger partial charge >= 0.3 is 6.03 Å². The summed E-state index contributed by atoms with van der Waals surface area (Å²) >= 11 is 0. The van der Waals surface area contributed by atoms with Crippen LogP contribution in [0.5, 0.6) is 0 Å². The van der Waals surface area contributed by atoms with Crippen molar-refractivity contribution >= 4 is 17.5 Å². The van der Waals surface area contributed by atoms with Crippen molar-refractivity contribution in [2.45, 2.75) is 26.8 Å². The molecule has 5 nitrogen and oxygen atoms in total. The first-order valence-electron chi connectivity index (χ1n) is 6.29. The number of carbonyl (C=O) groups is 2. The average Bonchev–Trinajstić information content (AvgIpc) is 2.36. The van der Waals surface area contributed by atoms with Crippen molar-refractivity contribution in [2.75, 3.05) is 18.5 Å². The van der Waals surface area contributed by atoms with E-state index in [1.54, 1.807) is 24.3 Å². The summed E-state index contributed by atoms with van der Waals surface area (Å²) in [4.78, 5) is 22.9. The Hall–Kier alpha value is -1.88. The molecular formula is C14H20N2O3. The Morgan fingerprint density at radius 3 is 2.74 bits per heavy atom. The number of nitrogens with one attached hydrogen (secondary N) is 2. The van der Waals surface area contributed by atoms with Gasteiger partial charge in [0.05, 0.1) is 12.6 Å². The van der Waals surface area contributed by atoms with Crippen LogP contribution in [-0.4, -0.2) is 31.1 Å². The van der Waals surface area contributed by atoms with Gasteiger partial charge in [0.2, 0.25) is 0 Å². The summed E-state index contributed by atoms with van der Waals surface area (Å²) in [5.74, 6) is -0.0335. The molecule has 0 aliphatic rings. The van der Waals surface area contributed by atoms with Crippen molar-refractivity contribution in [1.29, 1.82) is 0 Å². The number of benzene rings is 1. The van der Waals surface area contributed by atoms with E-state index in [9.17, 15) is 9.59 Å². The van der Waals surface area contributed by atoms with Crippen LogP contribution < -0.4 is 10.6 Å². The highest BCUT2D eigenvalue weighted by molar-refractivity contribution is 5.96. The average molecular weight is 264 g/mol. The second kappa shape index (κ2) is 7.53. The number of ketones is 1. The predicted molar refractivity (Wildman–Crippen MR) is 74.6 cm³/mol. The minimum atomic E-state index is -0.312. The standard InChI is InChI=1S/C14H20N2O3/c1-4-19-9-10(2)15-14(18)16-13-7-5-6-12(8-13)11(3)17/h5-8,10H,4,9H2,1-3H3,(H2,15,16,18). The summed E-state index contributed by atoms with van der Waals surface area (Å²) in [6.45, 7) is 6.34. The third-order valence-corrected chi connectivity index (χ3v) is 2.48. The highest BCUT2D eigenvalue weighted by atomic mass is 16.5. The predicted octanol–water partition coefficient (Wildman–Crippen LogP) is 2.44. The molecule has 0 fully saturated rings. The van der Waals surface area contributed by atoms with E-state index >= 15 is 0 Å². The van der Waals surface area contributed by atoms with Crippen LogP contribution in [0.3, 0.4) is 0 Å². The van der Waals surface area contributed by atoms with E-state index in [0.717, 1.165) is 0 Å². The van der Waals surface area contributed by atoms with Crippen molar-refractivity contribution in [3.8, 4) is 0 Å². The molecule has 0 heterocycles. The van der Waals surface area contributed by atoms with Crippen LogP contribution in [-0.2, 0) is 4.74 Å². The van der Waals surface area contributed by atoms with Gasteiger partial charge in [0.25, 0.3) is 0 Å². The minimum Gasteiger partial charge on any atom is -0.380 e. The number of hydrogen-bond donors (Lipinski definition) is 2. The Balaban J connectivity index is 2.52. The Morgan fingerprint density at radius 2 is 2.11 bits per heavy atom. The SMILES string of the molecule is CCOCC(C)NC(=O)Nc1cccc(C(C)=O)c1. The van der Waals surface area contributed by atoms with Crippen LogP contribution >= 0.6 is 0 Å². The number of Topliss-reactive ketones (excluding diaryl/α,β-unsaturated/α-hetero) is 1. The smallest absolute Gasteiger partial charge is 0.319 e. The zero-order valence-corrected chi connectivity index (χ0v) is 11.5. The van der Waals surface area contributed by atoms with E-state index in [-0.39, 0.29) is 17.9 Å². The fourth-order valence-corrected chi connectivity index (χ4v) is 1.54. The third kappa shape index (κ3) is 5.52. The second-order valence-electron chi connectivity index (χ2n) is 4.30. The number of rotatable bonds is 6. The van der Waals surface area contributed by atoms with Crippen molar-refractivity contribution in [3.05, 3.63) is 29.8 Å². The molecule has 5 heteroatoms. The fraction of sp³-hybridized carbons (Fsp3) is 0.429. The van der Waals surface area contributed by atoms with Crippen molar-refractivity contribution in [1.82, 2.24) is 5.32 Å². The minimum absolute atomic E-state index is 0.0335. The number of anilines is 1. The van der Waals surface area contributed by atoms with E-state index in [1.165, 1.54) is 6.92 Å². The number of carbonyl (C=O) groups excluding carboxylic acids is 2. The Morgan fingerprint density at radius 1 is 1.37 bits per heavy atom. The van der Waals surface area contributed by atoms with Gasteiger partial charge in [0.15, 0.2) is 5.78 Å². The highest BCUT2D eigenvalue weighted by Crippen LogP contribution is 2.10. The van der Waals surface area contributed by atoms with Gasteiger partial charge < -0.3 is 15.4 Å². The van der Waals surface area contributed by atoms with Crippen molar-refractivity contribution in [3.63, 3.8) is 0 Å². The van der Waals surface area contributed by atoms with E-state index in [4.69, 9.17) is 4.74 Å². The molecule has 0 saturated heterocycles. The molecule has 1 unspecified atom stereocenters. The van der Waals surface area contributed by atoms with E-state index in [0.29, 0.717) is 24.5 Å². The maximum absolute atomic E-state index is 11.7. The topological polar surface area (TPSA) is 67.4 Å². The van der Waals surface area contributed by atoms with E-state index in [2.05, 4.69) is 10.6 Å². The molecule has 19 heavy (non-hydrogen) atoms. The lowest BCUT2D eigenvalue weighted by Gasteiger charge is -2.14. The molecule has 0 aromatic heterocycles. The lowest BCUT2D eigenvalue weighted by atomic mass is 10.1. The third-order valence-electron chi connectivity index (χ3n) is 2.48. The molecule has 1 aromatic carbocycles. The monoisotopic (exact) mass is 264 g/mol. The van der Waals surface area contributed by atoms with Crippen LogP contribution in [0, 0.1) is 0 Å². The van der Waals surface area contributed by atoms with Crippen LogP contribution in [0.1, 0.15) is 31.1 Å². The molecule has 2 N–H and O–H groups in total. The van der Waals surface area contributed by atoms with Gasteiger partial charge in [-0.2, -0.15) is 0 Å². The van der Waals surface area contributed by atoms with Gasteiger partial charge in [-0.15, -0.1) is 0 Å². The molecule has 0 bridgehead atoms. The molecule has 1 atom stereocenters. The first kappa shape index (κ1) is 15.2. The summed E-state index contributed by atoms with van der Waals surface area (Å²) < 4.78 is 5.21. The van der Waals surface area contributed by atoms with Gasteiger partial charge in [0.1, 0.15) is 0 Å². The first-order chi connectivity index (χ1) is 9.02. The maximum Gasteiger partial charge on any atom is 0.319 e. The van der Waals surface area contributed by atoms with Gasteiger partial charge in [-0.05, 0) is 32.9 Å². The van der Waals surface area contributed by atoms with Crippen LogP contribution in [0.25, 0.3) is 0 Å². The molecule has 1 aromatic rings. The summed E-state index contributed by atoms with van der Waals surface area (Å²) in [7, 11) is 0. The quantitative estimate of drug-likeness (QED) is 0.775. The molecule has 104 valence electrons. The van der Waals surface area contributed by atoms with E-state index < -0.39 is 0 Å². The van der Waals surface area contributed by atoms with Crippen LogP contribution in [0.15, 0.2) is 24.3 Å². The van der Waals surface area contributed by atoms with Gasteiger partial charge in [0, 0.05) is 17.9 Å². The largest absolute Gasteiger partial charge is 0.380 e. The number of amides is 2. The highest BCUT2D eigenvalue weighted by Gasteiger charge is 2.08. The van der Waals surface area contributed by atoms with Crippen molar-refractivity contribution in [2.24, 2.45) is 0 Å². The number of hydrogen-bond acceptors (Lipinski definition) is 3. The second-order valence-corrected chi connectivity index (χ2v) is 4.30. The summed E-state index contributed by atoms with van der Waals surface area (Å²) in [6.07, 6.45) is 0. The number of ether oxygens (including phenoxy) is 1. The Kier molecular flexibility index (Phi) is 6.02. The lowest BCUT2D eigenvalue weighted by molar-refractivity contribution is 0.101. The molecule has 0 spiro atoms. The molecule has 2 amide bonds. The Labute approximate surface area is 113 Å². The number of urea groups is 1. The van der Waals surface area contributed by atoms with Gasteiger partial charge in [-0.1, -0.05) is 12.1 Å². The molecule has 0 aliphatic carbocycles. The van der Waals surface area contributed by atoms with Gasteiger partial charge in [-0.25, -0.2) is 4.79 Å². The summed E-state index contributed by atoms with van der Waals surface area (Å²) in [5, 5.41) is 5.44. The molecule has 0 radical (unpaired) electrons. The Bertz CT molecular complexity index is 446. The zero-order valence-electron chi connectivity index (χ0n) is 11.5. The molecule has 0 aliphatic heterocycles. The fourth-order valence-electron chi connectivity index (χ4n) is 1.54. The van der Waals surface area contributed by atoms with Crippen molar-refractivity contribution < 1.29 is 14.3 Å². The summed E-state index contributed by atoms with van der Waals surface area (Å²) in [6, 6.07) is 6.44. The summed E-state index contributed by atoms with van der Waals surface area (Å²) in [5.41, 5.74) is 1.16. The molecule has 1 rings (SSSR count). The zero-order chi connectivity index (χ0) is 14.3. The first-order valence-corrected chi connectivity index (χ1v) is 6.29. The van der Waals surface area contributed by atoms with E-state index in [1.807, 2.05) is 13.8 Å². The normalized spacial score (nSPS) is 11.7. The van der Waals surface area contributed by atoms with Crippen LogP contribution in [0.4, 0.5) is 10.5 Å². The molecule has 0 saturated carbocycles. The lowest BCUT2D eigenvalue weighted by Crippen LogP contribution is -2.38.